The molecule has 2 aromatic carbocycles. The molecule has 9 nitrogen and oxygen atoms in total. The van der Waals surface area contributed by atoms with Crippen LogP contribution in [0.3, 0.4) is 0 Å². The molecule has 0 spiro atoms. The summed E-state index contributed by atoms with van der Waals surface area (Å²) in [6.07, 6.45) is 3.13. The van der Waals surface area contributed by atoms with Gasteiger partial charge in [0, 0.05) is 29.6 Å². The molecule has 2 unspecified atom stereocenters. The molecule has 4 heterocycles. The highest BCUT2D eigenvalue weighted by Gasteiger charge is 2.45. The summed E-state index contributed by atoms with van der Waals surface area (Å²) in [5.41, 5.74) is 0.401. The number of hydrogen-bond acceptors (Lipinski definition) is 9. The van der Waals surface area contributed by atoms with E-state index in [4.69, 9.17) is 18.6 Å². The Kier molecular flexibility index (Phi) is 8.09. The van der Waals surface area contributed by atoms with Crippen molar-refractivity contribution >= 4 is 44.6 Å². The maximum atomic E-state index is 13.3. The summed E-state index contributed by atoms with van der Waals surface area (Å²) >= 11 is 1.52. The van der Waals surface area contributed by atoms with Gasteiger partial charge in [0.15, 0.2) is 0 Å². The second-order valence-electron chi connectivity index (χ2n) is 13.8. The second kappa shape index (κ2) is 11.7. The van der Waals surface area contributed by atoms with Crippen molar-refractivity contribution in [1.29, 1.82) is 0 Å². The summed E-state index contributed by atoms with van der Waals surface area (Å²) in [4.78, 5) is 34.8. The zero-order chi connectivity index (χ0) is 31.2. The van der Waals surface area contributed by atoms with Gasteiger partial charge in [-0.2, -0.15) is 0 Å². The average molecular weight is 620 g/mol. The Morgan fingerprint density at radius 3 is 2.36 bits per heavy atom. The highest BCUT2D eigenvalue weighted by Crippen LogP contribution is 2.40. The normalized spacial score (nSPS) is 20.6. The van der Waals surface area contributed by atoms with Gasteiger partial charge in [-0.05, 0) is 97.6 Å². The van der Waals surface area contributed by atoms with Crippen LogP contribution in [0.1, 0.15) is 73.0 Å². The minimum absolute atomic E-state index is 0.107. The number of hydrogen-bond donors (Lipinski definition) is 0. The van der Waals surface area contributed by atoms with Gasteiger partial charge < -0.3 is 18.6 Å². The third-order valence-corrected chi connectivity index (χ3v) is 8.92. The Hall–Kier alpha value is -3.63. The number of carbonyl (C=O) groups excluding carboxylic acids is 2. The molecule has 0 aliphatic carbocycles. The Morgan fingerprint density at radius 2 is 1.68 bits per heavy atom. The number of thiazole rings is 1. The summed E-state index contributed by atoms with van der Waals surface area (Å²) in [6.45, 7) is 11.6. The first-order valence-corrected chi connectivity index (χ1v) is 16.1. The maximum absolute atomic E-state index is 13.3. The summed E-state index contributed by atoms with van der Waals surface area (Å²) in [6, 6.07) is 16.4. The number of piperidine rings is 1. The molecule has 2 aromatic heterocycles. The lowest BCUT2D eigenvalue weighted by Gasteiger charge is -2.43. The second-order valence-corrected chi connectivity index (χ2v) is 14.8. The largest absolute Gasteiger partial charge is 0.460 e. The number of ether oxygens (including phenoxy) is 3. The molecule has 1 amide bonds. The van der Waals surface area contributed by atoms with E-state index in [0.29, 0.717) is 17.5 Å². The molecule has 2 fully saturated rings. The molecule has 2 aliphatic rings. The van der Waals surface area contributed by atoms with Gasteiger partial charge in [-0.15, -0.1) is 0 Å². The molecule has 0 N–H and O–H groups in total. The van der Waals surface area contributed by atoms with Gasteiger partial charge in [-0.1, -0.05) is 23.5 Å². The van der Waals surface area contributed by atoms with Gasteiger partial charge in [0.25, 0.3) is 5.19 Å². The molecule has 2 saturated heterocycles. The van der Waals surface area contributed by atoms with Crippen LogP contribution in [0.15, 0.2) is 52.9 Å². The summed E-state index contributed by atoms with van der Waals surface area (Å²) in [7, 11) is 0. The smallest absolute Gasteiger partial charge is 0.411 e. The SMILES string of the molecule is CC(C)(C)OC(=O)CN(C(=O)OC(C)(C)C)C1CC2CCC(C1)N2Cc1cc2ccc(Oc3nc4ccccc4s3)cc2o1. The number of benzene rings is 2. The molecule has 234 valence electrons. The molecule has 44 heavy (non-hydrogen) atoms. The lowest BCUT2D eigenvalue weighted by Crippen LogP contribution is -2.54. The van der Waals surface area contributed by atoms with Crippen LogP contribution in [0.25, 0.3) is 21.2 Å². The zero-order valence-corrected chi connectivity index (χ0v) is 27.1. The highest BCUT2D eigenvalue weighted by molar-refractivity contribution is 7.20. The van der Waals surface area contributed by atoms with E-state index in [-0.39, 0.29) is 24.7 Å². The van der Waals surface area contributed by atoms with Crippen molar-refractivity contribution in [2.45, 2.75) is 103 Å². The number of carbonyl (C=O) groups is 2. The molecule has 10 heteroatoms. The van der Waals surface area contributed by atoms with E-state index in [2.05, 4.69) is 16.0 Å². The molecule has 0 saturated carbocycles. The van der Waals surface area contributed by atoms with Crippen molar-refractivity contribution in [1.82, 2.24) is 14.8 Å². The number of para-hydroxylation sites is 1. The van der Waals surface area contributed by atoms with Crippen LogP contribution < -0.4 is 4.74 Å². The van der Waals surface area contributed by atoms with Crippen molar-refractivity contribution in [3.63, 3.8) is 0 Å². The van der Waals surface area contributed by atoms with Crippen LogP contribution in [-0.4, -0.2) is 62.7 Å². The van der Waals surface area contributed by atoms with Gasteiger partial charge >= 0.3 is 12.1 Å². The van der Waals surface area contributed by atoms with Gasteiger partial charge in [0.1, 0.15) is 34.8 Å². The monoisotopic (exact) mass is 619 g/mol. The lowest BCUT2D eigenvalue weighted by molar-refractivity contribution is -0.157. The van der Waals surface area contributed by atoms with Gasteiger partial charge in [-0.25, -0.2) is 9.78 Å². The number of rotatable bonds is 7. The molecule has 0 radical (unpaired) electrons. The molecule has 4 aromatic rings. The highest BCUT2D eigenvalue weighted by atomic mass is 32.1. The first kappa shape index (κ1) is 30.4. The minimum atomic E-state index is -0.663. The van der Waals surface area contributed by atoms with Crippen molar-refractivity contribution in [3.8, 4) is 10.9 Å². The molecule has 2 atom stereocenters. The lowest BCUT2D eigenvalue weighted by atomic mass is 9.95. The fraction of sp³-hybridized carbons (Fsp3) is 0.500. The number of esters is 1. The molecule has 2 aliphatic heterocycles. The summed E-state index contributed by atoms with van der Waals surface area (Å²) in [5.74, 6) is 1.16. The van der Waals surface area contributed by atoms with Crippen LogP contribution in [0.2, 0.25) is 0 Å². The standard InChI is InChI=1S/C34H41N3O6S/c1-33(2,3)42-30(38)20-37(32(39)43-34(4,5)6)24-16-22-12-13-23(17-24)36(22)19-26-15-21-11-14-25(18-28(21)40-26)41-31-35-27-9-7-8-10-29(27)44-31/h7-11,14-15,18,22-24H,12-13,16-17,19-20H2,1-6H3. The van der Waals surface area contributed by atoms with E-state index in [1.807, 2.05) is 84.0 Å². The Balaban J connectivity index is 1.14. The number of aromatic nitrogens is 1. The van der Waals surface area contributed by atoms with Crippen LogP contribution in [0.4, 0.5) is 4.79 Å². The molecule has 6 rings (SSSR count). The summed E-state index contributed by atoms with van der Waals surface area (Å²) in [5, 5.41) is 1.62. The fourth-order valence-electron chi connectivity index (χ4n) is 6.32. The fourth-order valence-corrected chi connectivity index (χ4v) is 7.15. The topological polar surface area (TPSA) is 94.3 Å². The molecular formula is C34H41N3O6S. The molecular weight excluding hydrogens is 578 g/mol. The maximum Gasteiger partial charge on any atom is 0.411 e. The third kappa shape index (κ3) is 7.02. The van der Waals surface area contributed by atoms with Gasteiger partial charge in [0.2, 0.25) is 0 Å². The zero-order valence-electron chi connectivity index (χ0n) is 26.3. The van der Waals surface area contributed by atoms with Crippen molar-refractivity contribution in [2.24, 2.45) is 0 Å². The van der Waals surface area contributed by atoms with Gasteiger partial charge in [-0.3, -0.25) is 14.6 Å². The third-order valence-electron chi connectivity index (χ3n) is 8.01. The Morgan fingerprint density at radius 1 is 0.977 bits per heavy atom. The van der Waals surface area contributed by atoms with E-state index in [1.54, 1.807) is 4.90 Å². The van der Waals surface area contributed by atoms with E-state index in [9.17, 15) is 9.59 Å². The Labute approximate surface area is 262 Å². The first-order chi connectivity index (χ1) is 20.8. The number of amides is 1. The van der Waals surface area contributed by atoms with Crippen molar-refractivity contribution in [3.05, 3.63) is 54.3 Å². The van der Waals surface area contributed by atoms with E-state index in [1.165, 1.54) is 11.3 Å². The number of fused-ring (bicyclic) bond motifs is 4. The minimum Gasteiger partial charge on any atom is -0.460 e. The first-order valence-electron chi connectivity index (χ1n) is 15.3. The Bertz CT molecular complexity index is 1620. The predicted molar refractivity (Wildman–Crippen MR) is 170 cm³/mol. The average Bonchev–Trinajstić information content (AvgIpc) is 3.57. The van der Waals surface area contributed by atoms with Crippen LogP contribution in [0, 0.1) is 0 Å². The number of nitrogens with zero attached hydrogens (tertiary/aromatic N) is 3. The van der Waals surface area contributed by atoms with Crippen molar-refractivity contribution in [2.75, 3.05) is 6.54 Å². The quantitative estimate of drug-likeness (QED) is 0.193. The van der Waals surface area contributed by atoms with Crippen LogP contribution in [-0.2, 0) is 20.8 Å². The molecule has 2 bridgehead atoms. The van der Waals surface area contributed by atoms with E-state index >= 15 is 0 Å². The van der Waals surface area contributed by atoms with Gasteiger partial charge in [0.05, 0.1) is 16.8 Å². The van der Waals surface area contributed by atoms with Crippen molar-refractivity contribution < 1.29 is 28.2 Å². The summed E-state index contributed by atoms with van der Waals surface area (Å²) < 4.78 is 24.8. The van der Waals surface area contributed by atoms with Crippen LogP contribution >= 0.6 is 11.3 Å². The van der Waals surface area contributed by atoms with Crippen LogP contribution in [0.5, 0.6) is 10.9 Å². The van der Waals surface area contributed by atoms with E-state index < -0.39 is 23.3 Å². The predicted octanol–water partition coefficient (Wildman–Crippen LogP) is 7.91. The van der Waals surface area contributed by atoms with E-state index in [0.717, 1.165) is 52.6 Å². The number of furan rings is 1.